The molecule has 1 aliphatic heterocycles. The van der Waals surface area contributed by atoms with Crippen molar-refractivity contribution in [3.8, 4) is 17.4 Å². The van der Waals surface area contributed by atoms with Crippen LogP contribution in [0, 0.1) is 0 Å². The molecular formula is C23H20BrN3O5. The molecule has 1 aliphatic rings. The first-order valence-corrected chi connectivity index (χ1v) is 10.5. The molecular weight excluding hydrogens is 478 g/mol. The van der Waals surface area contributed by atoms with Gasteiger partial charge in [-0.25, -0.2) is 4.79 Å². The highest BCUT2D eigenvalue weighted by Crippen LogP contribution is 2.35. The number of aryl methyl sites for hydroxylation is 1. The Balaban J connectivity index is 1.67. The molecule has 32 heavy (non-hydrogen) atoms. The fraction of sp³-hybridized carbons (Fsp3) is 0.174. The number of rotatable bonds is 6. The fourth-order valence-electron chi connectivity index (χ4n) is 3.52. The second-order valence-corrected chi connectivity index (χ2v) is 8.02. The summed E-state index contributed by atoms with van der Waals surface area (Å²) in [6.45, 7) is 0.156. The van der Waals surface area contributed by atoms with Crippen LogP contribution in [0.25, 0.3) is 11.6 Å². The van der Waals surface area contributed by atoms with Crippen LogP contribution in [0.2, 0.25) is 0 Å². The van der Waals surface area contributed by atoms with E-state index in [1.54, 1.807) is 32.6 Å². The molecule has 9 heteroatoms. The SMILES string of the molecule is COc1ccc(CCn2c(O)c(C=C3C=Nc4ccc(Br)cc43)c(=O)[nH]c2=O)cc1OC. The fourth-order valence-corrected chi connectivity index (χ4v) is 3.88. The number of allylic oxidation sites excluding steroid dienone is 1. The number of H-pyrrole nitrogens is 1. The molecule has 4 rings (SSSR count). The number of ether oxygens (including phenoxy) is 2. The van der Waals surface area contributed by atoms with Gasteiger partial charge in [-0.05, 0) is 48.4 Å². The molecule has 0 saturated carbocycles. The topological polar surface area (TPSA) is 106 Å². The summed E-state index contributed by atoms with van der Waals surface area (Å²) in [4.78, 5) is 31.4. The average molecular weight is 498 g/mol. The van der Waals surface area contributed by atoms with E-state index < -0.39 is 17.1 Å². The Hall–Kier alpha value is -3.59. The Morgan fingerprint density at radius 1 is 1.12 bits per heavy atom. The molecule has 0 fully saturated rings. The first-order chi connectivity index (χ1) is 15.4. The van der Waals surface area contributed by atoms with Gasteiger partial charge in [-0.3, -0.25) is 19.3 Å². The maximum atomic E-state index is 12.5. The molecule has 164 valence electrons. The van der Waals surface area contributed by atoms with Crippen LogP contribution in [0.3, 0.4) is 0 Å². The van der Waals surface area contributed by atoms with E-state index in [1.165, 1.54) is 6.08 Å². The maximum Gasteiger partial charge on any atom is 0.331 e. The number of aliphatic imine (C=N–C) groups is 1. The second kappa shape index (κ2) is 8.88. The van der Waals surface area contributed by atoms with Gasteiger partial charge in [0.1, 0.15) is 5.56 Å². The highest BCUT2D eigenvalue weighted by molar-refractivity contribution is 9.10. The number of aromatic hydroxyl groups is 1. The molecule has 0 aliphatic carbocycles. The van der Waals surface area contributed by atoms with E-state index in [4.69, 9.17) is 9.47 Å². The third-order valence-corrected chi connectivity index (χ3v) is 5.68. The summed E-state index contributed by atoms with van der Waals surface area (Å²) in [5.41, 5.74) is 1.76. The molecule has 2 aromatic carbocycles. The first kappa shape index (κ1) is 21.6. The van der Waals surface area contributed by atoms with Crippen LogP contribution in [0.15, 0.2) is 55.5 Å². The lowest BCUT2D eigenvalue weighted by Gasteiger charge is -2.12. The van der Waals surface area contributed by atoms with Crippen molar-refractivity contribution in [3.63, 3.8) is 0 Å². The summed E-state index contributed by atoms with van der Waals surface area (Å²) in [5.74, 6) is 0.766. The van der Waals surface area contributed by atoms with Gasteiger partial charge in [0.25, 0.3) is 5.56 Å². The van der Waals surface area contributed by atoms with Gasteiger partial charge in [-0.15, -0.1) is 0 Å². The van der Waals surface area contributed by atoms with E-state index >= 15 is 0 Å². The molecule has 0 radical (unpaired) electrons. The highest BCUT2D eigenvalue weighted by Gasteiger charge is 2.17. The summed E-state index contributed by atoms with van der Waals surface area (Å²) in [7, 11) is 3.10. The quantitative estimate of drug-likeness (QED) is 0.541. The van der Waals surface area contributed by atoms with E-state index in [0.717, 1.165) is 25.9 Å². The lowest BCUT2D eigenvalue weighted by molar-refractivity contribution is 0.354. The predicted molar refractivity (Wildman–Crippen MR) is 126 cm³/mol. The van der Waals surface area contributed by atoms with Crippen LogP contribution in [0.4, 0.5) is 5.69 Å². The Kier molecular flexibility index (Phi) is 6.00. The Morgan fingerprint density at radius 2 is 1.91 bits per heavy atom. The Labute approximate surface area is 191 Å². The highest BCUT2D eigenvalue weighted by atomic mass is 79.9. The summed E-state index contributed by atoms with van der Waals surface area (Å²) < 4.78 is 12.5. The molecule has 2 N–H and O–H groups in total. The van der Waals surface area contributed by atoms with Gasteiger partial charge in [-0.1, -0.05) is 22.0 Å². The van der Waals surface area contributed by atoms with Gasteiger partial charge in [0, 0.05) is 28.4 Å². The first-order valence-electron chi connectivity index (χ1n) is 9.74. The van der Waals surface area contributed by atoms with Crippen molar-refractivity contribution in [1.29, 1.82) is 0 Å². The number of nitrogens with one attached hydrogen (secondary N) is 1. The van der Waals surface area contributed by atoms with Crippen molar-refractivity contribution in [1.82, 2.24) is 9.55 Å². The summed E-state index contributed by atoms with van der Waals surface area (Å²) in [6.07, 6.45) is 3.57. The molecule has 8 nitrogen and oxygen atoms in total. The normalized spacial score (nSPS) is 13.4. The number of aromatic amines is 1. The van der Waals surface area contributed by atoms with Gasteiger partial charge in [0.05, 0.1) is 19.9 Å². The monoisotopic (exact) mass is 497 g/mol. The summed E-state index contributed by atoms with van der Waals surface area (Å²) in [5, 5.41) is 10.8. The van der Waals surface area contributed by atoms with Gasteiger partial charge in [0.15, 0.2) is 11.5 Å². The Bertz CT molecular complexity index is 1370. The minimum Gasteiger partial charge on any atom is -0.494 e. The average Bonchev–Trinajstić information content (AvgIpc) is 3.17. The zero-order chi connectivity index (χ0) is 22.8. The number of fused-ring (bicyclic) bond motifs is 1. The van der Waals surface area contributed by atoms with Crippen molar-refractivity contribution in [2.24, 2.45) is 4.99 Å². The second-order valence-electron chi connectivity index (χ2n) is 7.11. The molecule has 0 saturated heterocycles. The minimum absolute atomic E-state index is 0.00816. The zero-order valence-corrected chi connectivity index (χ0v) is 19.0. The number of aromatic nitrogens is 2. The van der Waals surface area contributed by atoms with Gasteiger partial charge in [-0.2, -0.15) is 0 Å². The van der Waals surface area contributed by atoms with E-state index in [9.17, 15) is 14.7 Å². The van der Waals surface area contributed by atoms with Crippen LogP contribution in [0.1, 0.15) is 16.7 Å². The van der Waals surface area contributed by atoms with Crippen molar-refractivity contribution in [2.45, 2.75) is 13.0 Å². The maximum absolute atomic E-state index is 12.5. The van der Waals surface area contributed by atoms with Crippen LogP contribution >= 0.6 is 15.9 Å². The molecule has 0 unspecified atom stereocenters. The van der Waals surface area contributed by atoms with E-state index in [1.807, 2.05) is 24.3 Å². The number of methoxy groups -OCH3 is 2. The molecule has 0 spiro atoms. The largest absolute Gasteiger partial charge is 0.494 e. The summed E-state index contributed by atoms with van der Waals surface area (Å²) >= 11 is 3.43. The third-order valence-electron chi connectivity index (χ3n) is 5.19. The molecule has 3 aromatic rings. The van der Waals surface area contributed by atoms with Crippen LogP contribution in [0.5, 0.6) is 17.4 Å². The lowest BCUT2D eigenvalue weighted by atomic mass is 10.1. The van der Waals surface area contributed by atoms with E-state index in [0.29, 0.717) is 23.5 Å². The van der Waals surface area contributed by atoms with E-state index in [2.05, 4.69) is 25.9 Å². The molecule has 0 bridgehead atoms. The minimum atomic E-state index is -0.682. The molecule has 0 amide bonds. The van der Waals surface area contributed by atoms with E-state index in [-0.39, 0.29) is 12.1 Å². The molecule has 2 heterocycles. The molecule has 0 atom stereocenters. The molecule has 1 aromatic heterocycles. The number of hydrogen-bond acceptors (Lipinski definition) is 6. The van der Waals surface area contributed by atoms with Gasteiger partial charge in [0.2, 0.25) is 5.88 Å². The predicted octanol–water partition coefficient (Wildman–Crippen LogP) is 3.52. The van der Waals surface area contributed by atoms with Gasteiger partial charge >= 0.3 is 5.69 Å². The number of halogens is 1. The van der Waals surface area contributed by atoms with Crippen molar-refractivity contribution >= 4 is 39.5 Å². The van der Waals surface area contributed by atoms with Crippen LogP contribution in [-0.2, 0) is 13.0 Å². The lowest BCUT2D eigenvalue weighted by Crippen LogP contribution is -2.32. The zero-order valence-electron chi connectivity index (χ0n) is 17.4. The Morgan fingerprint density at radius 3 is 2.66 bits per heavy atom. The van der Waals surface area contributed by atoms with Crippen molar-refractivity contribution < 1.29 is 14.6 Å². The number of benzene rings is 2. The standard InChI is InChI=1S/C23H20BrN3O5/c1-31-19-6-3-13(9-20(19)32-2)7-8-27-22(29)17(21(28)26-23(27)30)10-14-12-25-18-5-4-15(24)11-16(14)18/h3-6,9-12,29H,7-8H2,1-2H3,(H,26,28,30). The smallest absolute Gasteiger partial charge is 0.331 e. The van der Waals surface area contributed by atoms with Gasteiger partial charge < -0.3 is 14.6 Å². The number of nitrogens with zero attached hydrogens (tertiary/aromatic N) is 2. The van der Waals surface area contributed by atoms with Crippen LogP contribution < -0.4 is 20.7 Å². The third kappa shape index (κ3) is 4.11. The number of hydrogen-bond donors (Lipinski definition) is 2. The van der Waals surface area contributed by atoms with Crippen molar-refractivity contribution in [2.75, 3.05) is 14.2 Å². The van der Waals surface area contributed by atoms with Crippen molar-refractivity contribution in [3.05, 3.63) is 78.4 Å². The summed E-state index contributed by atoms with van der Waals surface area (Å²) in [6, 6.07) is 11.0. The van der Waals surface area contributed by atoms with Crippen LogP contribution in [-0.4, -0.2) is 35.1 Å².